The van der Waals surface area contributed by atoms with Gasteiger partial charge in [0.15, 0.2) is 0 Å². The van der Waals surface area contributed by atoms with Crippen molar-refractivity contribution in [1.82, 2.24) is 10.2 Å². The smallest absolute Gasteiger partial charge is 0.0687 e. The van der Waals surface area contributed by atoms with E-state index in [1.54, 1.807) is 0 Å². The van der Waals surface area contributed by atoms with E-state index < -0.39 is 12.4 Å². The van der Waals surface area contributed by atoms with Crippen molar-refractivity contribution in [3.8, 4) is 0 Å². The maximum Gasteiger partial charge on any atom is 0.0687 e. The van der Waals surface area contributed by atoms with Gasteiger partial charge in [0.2, 0.25) is 0 Å². The summed E-state index contributed by atoms with van der Waals surface area (Å²) in [7, 11) is 0. The highest BCUT2D eigenvalue weighted by Gasteiger charge is 2.52. The average Bonchev–Trinajstić information content (AvgIpc) is 3.13. The van der Waals surface area contributed by atoms with E-state index in [2.05, 4.69) is 180 Å². The van der Waals surface area contributed by atoms with E-state index in [9.17, 15) is 0 Å². The monoisotopic (exact) mass is 668 g/mol. The van der Waals surface area contributed by atoms with Gasteiger partial charge in [0.05, 0.1) is 12.4 Å². The van der Waals surface area contributed by atoms with E-state index in [0.717, 1.165) is 0 Å². The van der Waals surface area contributed by atoms with Crippen molar-refractivity contribution in [3.05, 3.63) is 192 Å². The van der Waals surface area contributed by atoms with Crippen molar-refractivity contribution in [2.75, 3.05) is 0 Å². The lowest BCUT2D eigenvalue weighted by atomic mass is 9.59. The summed E-state index contributed by atoms with van der Waals surface area (Å²) in [4.78, 5) is 0. The fourth-order valence-electron chi connectivity index (χ4n) is 7.56. The molecule has 0 aliphatic heterocycles. The Labute approximate surface area is 282 Å². The minimum Gasteiger partial charge on any atom is -0.276 e. The number of fused-ring (bicyclic) bond motifs is 1. The summed E-state index contributed by atoms with van der Waals surface area (Å²) in [5.41, 5.74) is 5.54. The van der Waals surface area contributed by atoms with Crippen molar-refractivity contribution in [3.63, 3.8) is 0 Å². The van der Waals surface area contributed by atoms with Gasteiger partial charge < -0.3 is 0 Å². The molecule has 6 aromatic rings. The standard InChI is InChI=1S/C40H34N2P2S2/c45-43(29-17-5-1-6-18-29,30-19-7-2-8-20-30)41-39-37-33-25-13-15-27-35(33)38(36-28-16-14-26-34(36)37)40(39)42-44(46,31-21-9-3-10-22-31)32-23-11-4-12-24-32/h1-28,37-40H,(H,41,45)(H,42,46)/t37?,38?,39-,40-/m1/s1. The van der Waals surface area contributed by atoms with Gasteiger partial charge in [0.1, 0.15) is 0 Å². The van der Waals surface area contributed by atoms with Crippen molar-refractivity contribution in [2.24, 2.45) is 0 Å². The molecule has 2 N–H and O–H groups in total. The van der Waals surface area contributed by atoms with Crippen LogP contribution in [-0.4, -0.2) is 12.1 Å². The molecule has 9 rings (SSSR count). The predicted octanol–water partition coefficient (Wildman–Crippen LogP) is 7.28. The van der Waals surface area contributed by atoms with E-state index in [1.807, 2.05) is 0 Å². The molecule has 6 heteroatoms. The molecule has 2 nitrogen and oxygen atoms in total. The van der Waals surface area contributed by atoms with E-state index in [1.165, 1.54) is 43.5 Å². The van der Waals surface area contributed by atoms with Crippen LogP contribution in [0.1, 0.15) is 34.1 Å². The van der Waals surface area contributed by atoms with Crippen LogP contribution in [-0.2, 0) is 23.6 Å². The van der Waals surface area contributed by atoms with E-state index in [-0.39, 0.29) is 23.9 Å². The molecule has 3 aliphatic rings. The molecular formula is C40H34N2P2S2. The second kappa shape index (κ2) is 12.3. The molecule has 6 aromatic carbocycles. The molecule has 0 spiro atoms. The third-order valence-corrected chi connectivity index (χ3v) is 18.2. The summed E-state index contributed by atoms with van der Waals surface area (Å²) in [5.74, 6) is 0.222. The minimum atomic E-state index is -2.47. The third-order valence-electron chi connectivity index (χ3n) is 9.58. The highest BCUT2D eigenvalue weighted by molar-refractivity contribution is 8.21. The van der Waals surface area contributed by atoms with Crippen LogP contribution in [0.4, 0.5) is 0 Å². The minimum absolute atomic E-state index is 0.00389. The van der Waals surface area contributed by atoms with Crippen molar-refractivity contribution >= 4 is 57.2 Å². The largest absolute Gasteiger partial charge is 0.276 e. The van der Waals surface area contributed by atoms with Gasteiger partial charge in [0, 0.05) is 45.1 Å². The Morgan fingerprint density at radius 1 is 0.326 bits per heavy atom. The normalized spacial score (nSPS) is 20.1. The molecule has 2 atom stereocenters. The maximum absolute atomic E-state index is 6.87. The molecule has 0 saturated carbocycles. The average molecular weight is 669 g/mol. The summed E-state index contributed by atoms with van der Waals surface area (Å²) in [6.45, 7) is 0. The van der Waals surface area contributed by atoms with Gasteiger partial charge >= 0.3 is 0 Å². The fraction of sp³-hybridized carbons (Fsp3) is 0.100. The van der Waals surface area contributed by atoms with Gasteiger partial charge in [0.25, 0.3) is 0 Å². The van der Waals surface area contributed by atoms with Gasteiger partial charge in [-0.15, -0.1) is 0 Å². The summed E-state index contributed by atoms with van der Waals surface area (Å²) in [6, 6.07) is 60.8. The van der Waals surface area contributed by atoms with Gasteiger partial charge in [-0.1, -0.05) is 193 Å². The van der Waals surface area contributed by atoms with Crippen molar-refractivity contribution < 1.29 is 0 Å². The zero-order chi connectivity index (χ0) is 31.1. The Kier molecular flexibility index (Phi) is 7.99. The zero-order valence-corrected chi connectivity index (χ0v) is 28.6. The Hall–Kier alpha value is -3.46. The molecule has 2 bridgehead atoms. The summed E-state index contributed by atoms with van der Waals surface area (Å²) in [6.07, 6.45) is -4.94. The third kappa shape index (κ3) is 5.00. The summed E-state index contributed by atoms with van der Waals surface area (Å²) >= 11 is 13.7. The van der Waals surface area contributed by atoms with Gasteiger partial charge in [-0.2, -0.15) is 0 Å². The second-order valence-corrected chi connectivity index (χ2v) is 20.4. The van der Waals surface area contributed by atoms with Crippen LogP contribution in [0.15, 0.2) is 170 Å². The molecule has 226 valence electrons. The topological polar surface area (TPSA) is 24.1 Å². The van der Waals surface area contributed by atoms with Gasteiger partial charge in [-0.3, -0.25) is 10.2 Å². The molecule has 0 aromatic heterocycles. The quantitative estimate of drug-likeness (QED) is 0.167. The number of hydrogen-bond donors (Lipinski definition) is 2. The summed E-state index contributed by atoms with van der Waals surface area (Å²) < 4.78 is 0. The number of rotatable bonds is 8. The first-order valence-corrected chi connectivity index (χ1v) is 21.3. The first-order chi connectivity index (χ1) is 22.6. The van der Waals surface area contributed by atoms with E-state index in [4.69, 9.17) is 23.6 Å². The fourth-order valence-corrected chi connectivity index (χ4v) is 14.8. The predicted molar refractivity (Wildman–Crippen MR) is 203 cm³/mol. The maximum atomic E-state index is 6.87. The lowest BCUT2D eigenvalue weighted by Gasteiger charge is -2.53. The van der Waals surface area contributed by atoms with Crippen LogP contribution >= 0.6 is 12.4 Å². The molecular weight excluding hydrogens is 635 g/mol. The second-order valence-electron chi connectivity index (χ2n) is 12.1. The highest BCUT2D eigenvalue weighted by Crippen LogP contribution is 2.57. The molecule has 3 aliphatic carbocycles. The van der Waals surface area contributed by atoms with Crippen LogP contribution in [0.3, 0.4) is 0 Å². The Bertz CT molecular complexity index is 1800. The SMILES string of the molecule is S=P(N[C@@H]1C2c3ccccc3C(c3ccccc32)[C@H]1NP(=S)(c1ccccc1)c1ccccc1)(c1ccccc1)c1ccccc1. The molecule has 46 heavy (non-hydrogen) atoms. The Morgan fingerprint density at radius 2 is 0.543 bits per heavy atom. The van der Waals surface area contributed by atoms with Gasteiger partial charge in [-0.05, 0) is 22.3 Å². The van der Waals surface area contributed by atoms with Crippen LogP contribution < -0.4 is 31.4 Å². The van der Waals surface area contributed by atoms with Crippen molar-refractivity contribution in [2.45, 2.75) is 23.9 Å². The molecule has 0 fully saturated rings. The van der Waals surface area contributed by atoms with Crippen LogP contribution in [0.5, 0.6) is 0 Å². The van der Waals surface area contributed by atoms with Gasteiger partial charge in [-0.25, -0.2) is 0 Å². The molecule has 0 radical (unpaired) electrons. The first-order valence-electron chi connectivity index (χ1n) is 15.7. The molecule has 0 saturated heterocycles. The van der Waals surface area contributed by atoms with E-state index in [0.29, 0.717) is 0 Å². The highest BCUT2D eigenvalue weighted by atomic mass is 32.4. The first kappa shape index (κ1) is 29.9. The lowest BCUT2D eigenvalue weighted by Crippen LogP contribution is -2.60. The van der Waals surface area contributed by atoms with Crippen LogP contribution in [0, 0.1) is 0 Å². The van der Waals surface area contributed by atoms with Crippen molar-refractivity contribution in [1.29, 1.82) is 0 Å². The number of benzene rings is 6. The van der Waals surface area contributed by atoms with Crippen LogP contribution in [0.25, 0.3) is 0 Å². The zero-order valence-electron chi connectivity index (χ0n) is 25.2. The molecule has 0 amide bonds. The number of nitrogens with one attached hydrogen (secondary N) is 2. The lowest BCUT2D eigenvalue weighted by molar-refractivity contribution is 0.348. The Balaban J connectivity index is 1.36. The molecule has 0 unspecified atom stereocenters. The van der Waals surface area contributed by atoms with Crippen LogP contribution in [0.2, 0.25) is 0 Å². The number of hydrogen-bond acceptors (Lipinski definition) is 2. The summed E-state index contributed by atoms with van der Waals surface area (Å²) in [5, 5.41) is 13.3. The van der Waals surface area contributed by atoms with E-state index >= 15 is 0 Å². The molecule has 0 heterocycles. The Morgan fingerprint density at radius 3 is 0.783 bits per heavy atom.